The lowest BCUT2D eigenvalue weighted by atomic mass is 10.0. The Morgan fingerprint density at radius 3 is 2.42 bits per heavy atom. The van der Waals surface area contributed by atoms with E-state index >= 15 is 0 Å². The largest absolute Gasteiger partial charge is 0.380 e. The highest BCUT2D eigenvalue weighted by Crippen LogP contribution is 2.64. The van der Waals surface area contributed by atoms with Gasteiger partial charge in [-0.05, 0) is 48.9 Å². The van der Waals surface area contributed by atoms with Crippen molar-refractivity contribution < 1.29 is 13.2 Å². The van der Waals surface area contributed by atoms with Gasteiger partial charge in [0, 0.05) is 22.6 Å². The van der Waals surface area contributed by atoms with Gasteiger partial charge in [-0.15, -0.1) is 0 Å². The molecule has 0 aromatic heterocycles. The fourth-order valence-corrected chi connectivity index (χ4v) is 6.05. The summed E-state index contributed by atoms with van der Waals surface area (Å²) in [7, 11) is -3.75. The third-order valence-electron chi connectivity index (χ3n) is 4.69. The van der Waals surface area contributed by atoms with E-state index in [0.29, 0.717) is 16.7 Å². The van der Waals surface area contributed by atoms with E-state index in [1.54, 1.807) is 24.3 Å². The summed E-state index contributed by atoms with van der Waals surface area (Å²) in [5.74, 6) is -0.501. The van der Waals surface area contributed by atoms with Gasteiger partial charge >= 0.3 is 0 Å². The zero-order chi connectivity index (χ0) is 18.9. The van der Waals surface area contributed by atoms with E-state index < -0.39 is 26.4 Å². The topological polar surface area (TPSA) is 67.2 Å². The molecule has 1 aliphatic rings. The Balaban J connectivity index is 2.07. The number of halogens is 2. The van der Waals surface area contributed by atoms with Crippen LogP contribution in [0.25, 0.3) is 0 Å². The number of nitrogens with zero attached hydrogens (tertiary/aromatic N) is 1. The molecule has 0 unspecified atom stereocenters. The van der Waals surface area contributed by atoms with Gasteiger partial charge in [-0.2, -0.15) is 5.26 Å². The summed E-state index contributed by atoms with van der Waals surface area (Å²) in [6, 6.07) is 15.2. The number of rotatable bonds is 6. The molecule has 3 rings (SSSR count). The van der Waals surface area contributed by atoms with Crippen LogP contribution in [-0.4, -0.2) is 26.9 Å². The zero-order valence-corrected chi connectivity index (χ0v) is 16.4. The first-order valence-electron chi connectivity index (χ1n) is 8.10. The van der Waals surface area contributed by atoms with Crippen molar-refractivity contribution in [3.05, 3.63) is 64.1 Å². The van der Waals surface area contributed by atoms with Crippen LogP contribution in [-0.2, 0) is 14.6 Å². The van der Waals surface area contributed by atoms with E-state index in [-0.39, 0.29) is 11.5 Å². The van der Waals surface area contributed by atoms with Crippen LogP contribution in [0.4, 0.5) is 0 Å². The second-order valence-corrected chi connectivity index (χ2v) is 9.18. The monoisotopic (exact) mass is 409 g/mol. The Morgan fingerprint density at radius 1 is 1.15 bits per heavy atom. The minimum absolute atomic E-state index is 0.0503. The van der Waals surface area contributed by atoms with Crippen LogP contribution in [0.5, 0.6) is 0 Å². The average Bonchev–Trinajstić information content (AvgIpc) is 3.31. The smallest absolute Gasteiger partial charge is 0.183 e. The first-order valence-corrected chi connectivity index (χ1v) is 10.4. The van der Waals surface area contributed by atoms with E-state index in [1.807, 2.05) is 6.92 Å². The molecule has 0 spiro atoms. The third-order valence-corrected chi connectivity index (χ3v) is 7.47. The van der Waals surface area contributed by atoms with Gasteiger partial charge in [-0.25, -0.2) is 8.42 Å². The van der Waals surface area contributed by atoms with Crippen molar-refractivity contribution in [2.75, 3.05) is 13.2 Å². The molecule has 1 saturated carbocycles. The zero-order valence-electron chi connectivity index (χ0n) is 14.0. The molecule has 2 aromatic rings. The molecule has 136 valence electrons. The Kier molecular flexibility index (Phi) is 5.32. The number of benzene rings is 2. The van der Waals surface area contributed by atoms with Crippen molar-refractivity contribution in [2.24, 2.45) is 5.41 Å². The van der Waals surface area contributed by atoms with Gasteiger partial charge in [0.15, 0.2) is 9.84 Å². The molecule has 0 N–H and O–H groups in total. The Morgan fingerprint density at radius 2 is 1.85 bits per heavy atom. The van der Waals surface area contributed by atoms with Gasteiger partial charge in [0.05, 0.1) is 22.8 Å². The highest BCUT2D eigenvalue weighted by Gasteiger charge is 2.72. The first kappa shape index (κ1) is 19.2. The highest BCUT2D eigenvalue weighted by molar-refractivity contribution is 7.92. The highest BCUT2D eigenvalue weighted by atomic mass is 35.5. The second kappa shape index (κ2) is 7.21. The number of hydrogen-bond donors (Lipinski definition) is 0. The molecular formula is C19H17Cl2NO3S. The Bertz CT molecular complexity index is 953. The predicted octanol–water partition coefficient (Wildman–Crippen LogP) is 4.48. The van der Waals surface area contributed by atoms with Gasteiger partial charge in [0.1, 0.15) is 5.41 Å². The predicted molar refractivity (Wildman–Crippen MR) is 101 cm³/mol. The maximum Gasteiger partial charge on any atom is 0.183 e. The van der Waals surface area contributed by atoms with Gasteiger partial charge in [0.25, 0.3) is 0 Å². The summed E-state index contributed by atoms with van der Waals surface area (Å²) >= 11 is 11.9. The molecule has 7 heteroatoms. The number of hydrogen-bond acceptors (Lipinski definition) is 4. The maximum atomic E-state index is 13.2. The summed E-state index contributed by atoms with van der Waals surface area (Å²) in [5, 5.41) is 9.91. The van der Waals surface area contributed by atoms with Crippen molar-refractivity contribution in [2.45, 2.75) is 23.0 Å². The molecule has 0 bridgehead atoms. The second-order valence-electron chi connectivity index (χ2n) is 6.24. The lowest BCUT2D eigenvalue weighted by molar-refractivity contribution is 0.117. The molecule has 1 aliphatic carbocycles. The minimum atomic E-state index is -3.75. The van der Waals surface area contributed by atoms with Crippen molar-refractivity contribution >= 4 is 33.0 Å². The molecule has 3 atom stereocenters. The quantitative estimate of drug-likeness (QED) is 0.704. The SMILES string of the molecule is CCOC[C@]1(C#N)[C@H](c2cccc(Cl)c2)[C@H]1S(=O)(=O)c1ccc(Cl)cc1. The molecule has 1 fully saturated rings. The minimum Gasteiger partial charge on any atom is -0.380 e. The summed E-state index contributed by atoms with van der Waals surface area (Å²) < 4.78 is 31.9. The summed E-state index contributed by atoms with van der Waals surface area (Å²) in [5.41, 5.74) is -0.416. The van der Waals surface area contributed by atoms with E-state index in [2.05, 4.69) is 6.07 Å². The average molecular weight is 410 g/mol. The Hall–Kier alpha value is -1.58. The van der Waals surface area contributed by atoms with E-state index in [4.69, 9.17) is 27.9 Å². The molecule has 0 heterocycles. The summed E-state index contributed by atoms with van der Waals surface area (Å²) in [6.45, 7) is 2.26. The van der Waals surface area contributed by atoms with Crippen molar-refractivity contribution in [3.8, 4) is 6.07 Å². The lowest BCUT2D eigenvalue weighted by Gasteiger charge is -2.10. The summed E-state index contributed by atoms with van der Waals surface area (Å²) in [4.78, 5) is 0.146. The number of sulfone groups is 1. The lowest BCUT2D eigenvalue weighted by Crippen LogP contribution is -2.19. The van der Waals surface area contributed by atoms with Crippen molar-refractivity contribution in [3.63, 3.8) is 0 Å². The van der Waals surface area contributed by atoms with Crippen LogP contribution in [0.15, 0.2) is 53.4 Å². The molecule has 0 aliphatic heterocycles. The van der Waals surface area contributed by atoms with Crippen molar-refractivity contribution in [1.29, 1.82) is 5.26 Å². The van der Waals surface area contributed by atoms with Crippen LogP contribution in [0.3, 0.4) is 0 Å². The van der Waals surface area contributed by atoms with Gasteiger partial charge in [-0.1, -0.05) is 35.3 Å². The molecule has 0 amide bonds. The normalized spacial score (nSPS) is 24.8. The van der Waals surface area contributed by atoms with E-state index in [0.717, 1.165) is 5.56 Å². The van der Waals surface area contributed by atoms with Crippen LogP contribution in [0.2, 0.25) is 10.0 Å². The molecule has 26 heavy (non-hydrogen) atoms. The summed E-state index contributed by atoms with van der Waals surface area (Å²) in [6.07, 6.45) is 0. The fraction of sp³-hybridized carbons (Fsp3) is 0.316. The Labute approximate surface area is 163 Å². The first-order chi connectivity index (χ1) is 12.4. The van der Waals surface area contributed by atoms with Gasteiger partial charge in [-0.3, -0.25) is 0 Å². The molecule has 4 nitrogen and oxygen atoms in total. The molecule has 2 aromatic carbocycles. The van der Waals surface area contributed by atoms with Gasteiger partial charge in [0.2, 0.25) is 0 Å². The van der Waals surface area contributed by atoms with E-state index in [1.165, 1.54) is 24.3 Å². The fourth-order valence-electron chi connectivity index (χ4n) is 3.41. The third kappa shape index (κ3) is 3.23. The van der Waals surface area contributed by atoms with E-state index in [9.17, 15) is 13.7 Å². The molecular weight excluding hydrogens is 393 g/mol. The maximum absolute atomic E-state index is 13.2. The van der Waals surface area contributed by atoms with Crippen LogP contribution >= 0.6 is 23.2 Å². The molecule has 0 saturated heterocycles. The molecule has 0 radical (unpaired) electrons. The van der Waals surface area contributed by atoms with Crippen LogP contribution < -0.4 is 0 Å². The number of nitriles is 1. The van der Waals surface area contributed by atoms with Gasteiger partial charge < -0.3 is 4.74 Å². The van der Waals surface area contributed by atoms with Crippen LogP contribution in [0, 0.1) is 16.7 Å². The number of ether oxygens (including phenoxy) is 1. The van der Waals surface area contributed by atoms with Crippen molar-refractivity contribution in [1.82, 2.24) is 0 Å². The standard InChI is InChI=1S/C19H17Cl2NO3S/c1-2-25-12-19(11-22)17(13-4-3-5-15(21)10-13)18(19)26(23,24)16-8-6-14(20)7-9-16/h3-10,17-18H,2,12H2,1H3/t17-,18-,19-/m1/s1. The van der Waals surface area contributed by atoms with Crippen LogP contribution in [0.1, 0.15) is 18.4 Å².